The minimum Gasteiger partial charge on any atom is -0.352 e. The van der Waals surface area contributed by atoms with Crippen molar-refractivity contribution in [2.24, 2.45) is 5.92 Å². The Labute approximate surface area is 149 Å². The Balaban J connectivity index is 0.00000208. The van der Waals surface area contributed by atoms with E-state index in [1.807, 2.05) is 19.1 Å². The van der Waals surface area contributed by atoms with E-state index in [4.69, 9.17) is 0 Å². The molecule has 2 atom stereocenters. The summed E-state index contributed by atoms with van der Waals surface area (Å²) in [5, 5.41) is 6.39. The lowest BCUT2D eigenvalue weighted by Crippen LogP contribution is -2.47. The van der Waals surface area contributed by atoms with E-state index in [1.165, 1.54) is 5.56 Å². The molecule has 6 heteroatoms. The van der Waals surface area contributed by atoms with Crippen molar-refractivity contribution in [2.45, 2.75) is 38.8 Å². The third-order valence-corrected chi connectivity index (χ3v) is 4.72. The highest BCUT2D eigenvalue weighted by molar-refractivity contribution is 5.89. The molecule has 0 aliphatic carbocycles. The van der Waals surface area contributed by atoms with Crippen molar-refractivity contribution in [1.82, 2.24) is 15.5 Å². The lowest BCUT2D eigenvalue weighted by Gasteiger charge is -2.25. The lowest BCUT2D eigenvalue weighted by atomic mass is 10.0. The average Bonchev–Trinajstić information content (AvgIpc) is 2.92. The first-order valence-electron chi connectivity index (χ1n) is 8.46. The zero-order valence-electron chi connectivity index (χ0n) is 14.1. The quantitative estimate of drug-likeness (QED) is 0.866. The van der Waals surface area contributed by atoms with E-state index in [9.17, 15) is 9.59 Å². The van der Waals surface area contributed by atoms with Gasteiger partial charge in [-0.2, -0.15) is 0 Å². The first-order valence-corrected chi connectivity index (χ1v) is 8.46. The number of benzene rings is 1. The van der Waals surface area contributed by atoms with E-state index in [2.05, 4.69) is 22.8 Å². The van der Waals surface area contributed by atoms with E-state index < -0.39 is 0 Å². The molecule has 2 aliphatic rings. The van der Waals surface area contributed by atoms with Gasteiger partial charge in [0.2, 0.25) is 11.8 Å². The summed E-state index contributed by atoms with van der Waals surface area (Å²) in [7, 11) is 0. The number of hydrogen-bond acceptors (Lipinski definition) is 3. The first kappa shape index (κ1) is 18.7. The topological polar surface area (TPSA) is 61.4 Å². The van der Waals surface area contributed by atoms with Crippen molar-refractivity contribution < 1.29 is 9.59 Å². The number of hydrogen-bond donors (Lipinski definition) is 2. The molecule has 0 saturated carbocycles. The molecule has 0 aromatic heterocycles. The highest BCUT2D eigenvalue weighted by Gasteiger charge is 2.35. The largest absolute Gasteiger partial charge is 0.352 e. The standard InChI is InChI=1S/C18H25N3O2.ClH/c1-13-4-6-14(7-5-13)11-21-12-15(9-17(21)22)18(23)20-16-3-2-8-19-10-16;/h4-7,15-16,19H,2-3,8-12H2,1H3,(H,20,23);1H/t15?,16-;/m0./s1. The van der Waals surface area contributed by atoms with Gasteiger partial charge in [0.15, 0.2) is 0 Å². The molecular weight excluding hydrogens is 326 g/mol. The van der Waals surface area contributed by atoms with Gasteiger partial charge in [-0.15, -0.1) is 12.4 Å². The number of rotatable bonds is 4. The summed E-state index contributed by atoms with van der Waals surface area (Å²) < 4.78 is 0. The number of nitrogens with zero attached hydrogens (tertiary/aromatic N) is 1. The number of carbonyl (C=O) groups excluding carboxylic acids is 2. The molecule has 2 fully saturated rings. The molecule has 2 aliphatic heterocycles. The predicted molar refractivity (Wildman–Crippen MR) is 96.0 cm³/mol. The number of nitrogens with one attached hydrogen (secondary N) is 2. The van der Waals surface area contributed by atoms with Gasteiger partial charge in [0, 0.05) is 32.1 Å². The molecule has 1 unspecified atom stereocenters. The number of likely N-dealkylation sites (tertiary alicyclic amines) is 1. The van der Waals surface area contributed by atoms with Crippen LogP contribution in [-0.2, 0) is 16.1 Å². The van der Waals surface area contributed by atoms with E-state index in [0.29, 0.717) is 19.5 Å². The van der Waals surface area contributed by atoms with Gasteiger partial charge in [0.05, 0.1) is 5.92 Å². The van der Waals surface area contributed by atoms with Crippen LogP contribution in [0.3, 0.4) is 0 Å². The summed E-state index contributed by atoms with van der Waals surface area (Å²) in [4.78, 5) is 26.4. The van der Waals surface area contributed by atoms with Crippen LogP contribution in [0.4, 0.5) is 0 Å². The molecule has 1 aromatic carbocycles. The van der Waals surface area contributed by atoms with Crippen molar-refractivity contribution in [3.63, 3.8) is 0 Å². The van der Waals surface area contributed by atoms with Crippen LogP contribution < -0.4 is 10.6 Å². The molecule has 132 valence electrons. The smallest absolute Gasteiger partial charge is 0.225 e. The molecule has 0 bridgehead atoms. The molecule has 2 saturated heterocycles. The fourth-order valence-corrected chi connectivity index (χ4v) is 3.31. The van der Waals surface area contributed by atoms with Crippen molar-refractivity contribution in [3.05, 3.63) is 35.4 Å². The van der Waals surface area contributed by atoms with Crippen LogP contribution in [0.1, 0.15) is 30.4 Å². The summed E-state index contributed by atoms with van der Waals surface area (Å²) in [6, 6.07) is 8.40. The Bertz CT molecular complexity index is 570. The summed E-state index contributed by atoms with van der Waals surface area (Å²) in [6.45, 7) is 5.02. The van der Waals surface area contributed by atoms with Crippen LogP contribution in [-0.4, -0.2) is 42.4 Å². The van der Waals surface area contributed by atoms with Crippen molar-refractivity contribution in [3.8, 4) is 0 Å². The van der Waals surface area contributed by atoms with Gasteiger partial charge < -0.3 is 15.5 Å². The molecule has 0 radical (unpaired) electrons. The number of piperidine rings is 1. The predicted octanol–water partition coefficient (Wildman–Crippen LogP) is 1.63. The Kier molecular flexibility index (Phi) is 6.63. The van der Waals surface area contributed by atoms with Gasteiger partial charge in [-0.05, 0) is 31.9 Å². The number of carbonyl (C=O) groups is 2. The Hall–Kier alpha value is -1.59. The second kappa shape index (κ2) is 8.49. The van der Waals surface area contributed by atoms with E-state index in [1.54, 1.807) is 4.90 Å². The van der Waals surface area contributed by atoms with E-state index in [-0.39, 0.29) is 36.2 Å². The van der Waals surface area contributed by atoms with Gasteiger partial charge in [-0.1, -0.05) is 29.8 Å². The Morgan fingerprint density at radius 2 is 2.08 bits per heavy atom. The summed E-state index contributed by atoms with van der Waals surface area (Å²) in [6.07, 6.45) is 2.44. The number of amides is 2. The van der Waals surface area contributed by atoms with Crippen molar-refractivity contribution in [1.29, 1.82) is 0 Å². The minimum atomic E-state index is -0.213. The Morgan fingerprint density at radius 3 is 2.75 bits per heavy atom. The molecule has 1 aromatic rings. The highest BCUT2D eigenvalue weighted by atomic mass is 35.5. The van der Waals surface area contributed by atoms with Gasteiger partial charge in [-0.25, -0.2) is 0 Å². The number of halogens is 1. The minimum absolute atomic E-state index is 0. The monoisotopic (exact) mass is 351 g/mol. The highest BCUT2D eigenvalue weighted by Crippen LogP contribution is 2.21. The second-order valence-electron chi connectivity index (χ2n) is 6.71. The summed E-state index contributed by atoms with van der Waals surface area (Å²) >= 11 is 0. The van der Waals surface area contributed by atoms with Gasteiger partial charge in [-0.3, -0.25) is 9.59 Å². The zero-order chi connectivity index (χ0) is 16.2. The summed E-state index contributed by atoms with van der Waals surface area (Å²) in [5.41, 5.74) is 2.32. The molecule has 2 N–H and O–H groups in total. The maximum Gasteiger partial charge on any atom is 0.225 e. The maximum absolute atomic E-state index is 12.4. The van der Waals surface area contributed by atoms with Crippen LogP contribution in [0.15, 0.2) is 24.3 Å². The van der Waals surface area contributed by atoms with Crippen molar-refractivity contribution >= 4 is 24.2 Å². The second-order valence-corrected chi connectivity index (χ2v) is 6.71. The van der Waals surface area contributed by atoms with Gasteiger partial charge in [0.1, 0.15) is 0 Å². The third kappa shape index (κ3) is 4.71. The average molecular weight is 352 g/mol. The van der Waals surface area contributed by atoms with Gasteiger partial charge in [0.25, 0.3) is 0 Å². The molecule has 0 spiro atoms. The zero-order valence-corrected chi connectivity index (χ0v) is 14.9. The number of aryl methyl sites for hydroxylation is 1. The molecule has 24 heavy (non-hydrogen) atoms. The summed E-state index contributed by atoms with van der Waals surface area (Å²) in [5.74, 6) is -0.110. The normalized spacial score (nSPS) is 23.7. The van der Waals surface area contributed by atoms with Gasteiger partial charge >= 0.3 is 0 Å². The maximum atomic E-state index is 12.4. The third-order valence-electron chi connectivity index (χ3n) is 4.72. The first-order chi connectivity index (χ1) is 11.1. The van der Waals surface area contributed by atoms with Crippen LogP contribution in [0.25, 0.3) is 0 Å². The van der Waals surface area contributed by atoms with Crippen LogP contribution in [0.2, 0.25) is 0 Å². The van der Waals surface area contributed by atoms with E-state index >= 15 is 0 Å². The molecular formula is C18H26ClN3O2. The molecule has 2 heterocycles. The van der Waals surface area contributed by atoms with Crippen LogP contribution in [0, 0.1) is 12.8 Å². The molecule has 2 amide bonds. The van der Waals surface area contributed by atoms with Crippen LogP contribution in [0.5, 0.6) is 0 Å². The van der Waals surface area contributed by atoms with Crippen molar-refractivity contribution in [2.75, 3.05) is 19.6 Å². The molecule has 3 rings (SSSR count). The van der Waals surface area contributed by atoms with E-state index in [0.717, 1.165) is 31.5 Å². The fraction of sp³-hybridized carbons (Fsp3) is 0.556. The Morgan fingerprint density at radius 1 is 1.33 bits per heavy atom. The lowest BCUT2D eigenvalue weighted by molar-refractivity contribution is -0.129. The SMILES string of the molecule is Cc1ccc(CN2CC(C(=O)N[C@H]3CCCNC3)CC2=O)cc1.Cl. The molecule has 5 nitrogen and oxygen atoms in total. The van der Waals surface area contributed by atoms with Crippen LogP contribution >= 0.6 is 12.4 Å². The fourth-order valence-electron chi connectivity index (χ4n) is 3.31.